The lowest BCUT2D eigenvalue weighted by atomic mass is 10.3. The Morgan fingerprint density at radius 2 is 1.86 bits per heavy atom. The summed E-state index contributed by atoms with van der Waals surface area (Å²) in [5, 5.41) is 0. The van der Waals surface area contributed by atoms with Crippen LogP contribution in [0.3, 0.4) is 0 Å². The number of methoxy groups -OCH3 is 2. The van der Waals surface area contributed by atoms with Crippen molar-refractivity contribution in [3.8, 4) is 0 Å². The number of furan rings is 1. The van der Waals surface area contributed by atoms with Gasteiger partial charge in [-0.2, -0.15) is 0 Å². The normalized spacial score (nSPS) is 9.64. The van der Waals surface area contributed by atoms with E-state index in [-0.39, 0.29) is 11.3 Å². The van der Waals surface area contributed by atoms with Gasteiger partial charge < -0.3 is 13.9 Å². The van der Waals surface area contributed by atoms with Crippen LogP contribution in [0.25, 0.3) is 0 Å². The fourth-order valence-corrected chi connectivity index (χ4v) is 1.52. The Bertz CT molecular complexity index is 334. The van der Waals surface area contributed by atoms with Crippen LogP contribution < -0.4 is 0 Å². The van der Waals surface area contributed by atoms with Gasteiger partial charge >= 0.3 is 11.9 Å². The summed E-state index contributed by atoms with van der Waals surface area (Å²) in [6.45, 7) is 0. The van der Waals surface area contributed by atoms with Crippen LogP contribution in [0.1, 0.15) is 20.9 Å². The van der Waals surface area contributed by atoms with Crippen molar-refractivity contribution in [2.45, 2.75) is 0 Å². The number of esters is 2. The maximum atomic E-state index is 11.1. The first-order valence-corrected chi connectivity index (χ1v) is 4.63. The first-order chi connectivity index (χ1) is 6.61. The maximum absolute atomic E-state index is 11.1. The molecular formula is C8H7IO5. The van der Waals surface area contributed by atoms with Gasteiger partial charge in [0.15, 0.2) is 0 Å². The van der Waals surface area contributed by atoms with Crippen LogP contribution in [0.15, 0.2) is 10.7 Å². The Labute approximate surface area is 93.5 Å². The van der Waals surface area contributed by atoms with Gasteiger partial charge in [-0.05, 0) is 22.6 Å². The average molecular weight is 310 g/mol. The van der Waals surface area contributed by atoms with Crippen molar-refractivity contribution in [1.29, 1.82) is 0 Å². The third kappa shape index (κ3) is 1.89. The summed E-state index contributed by atoms with van der Waals surface area (Å²) in [7, 11) is 2.49. The third-order valence-corrected chi connectivity index (χ3v) is 2.58. The van der Waals surface area contributed by atoms with Crippen molar-refractivity contribution in [2.24, 2.45) is 0 Å². The van der Waals surface area contributed by atoms with Gasteiger partial charge in [0.1, 0.15) is 11.8 Å². The van der Waals surface area contributed by atoms with Crippen LogP contribution in [0.5, 0.6) is 0 Å². The highest BCUT2D eigenvalue weighted by molar-refractivity contribution is 14.1. The summed E-state index contributed by atoms with van der Waals surface area (Å²) in [6, 6.07) is 0. The molecule has 0 aromatic carbocycles. The minimum Gasteiger partial charge on any atom is -0.465 e. The quantitative estimate of drug-likeness (QED) is 0.611. The van der Waals surface area contributed by atoms with Crippen molar-refractivity contribution in [1.82, 2.24) is 0 Å². The third-order valence-electron chi connectivity index (χ3n) is 1.51. The molecule has 0 amide bonds. The highest BCUT2D eigenvalue weighted by Gasteiger charge is 2.22. The van der Waals surface area contributed by atoms with Crippen LogP contribution in [-0.2, 0) is 9.47 Å². The molecule has 0 saturated heterocycles. The van der Waals surface area contributed by atoms with Crippen LogP contribution in [0, 0.1) is 3.57 Å². The molecule has 0 radical (unpaired) electrons. The van der Waals surface area contributed by atoms with Gasteiger partial charge in [0, 0.05) is 0 Å². The molecule has 0 aliphatic heterocycles. The Balaban J connectivity index is 3.08. The number of carbonyl (C=O) groups excluding carboxylic acids is 2. The molecule has 0 aliphatic carbocycles. The predicted octanol–water partition coefficient (Wildman–Crippen LogP) is 1.46. The Kier molecular flexibility index (Phi) is 3.50. The number of ether oxygens (including phenoxy) is 2. The SMILES string of the molecule is COC(=O)c1coc(C(=O)OC)c1I. The second-order valence-electron chi connectivity index (χ2n) is 2.28. The zero-order valence-corrected chi connectivity index (χ0v) is 9.65. The lowest BCUT2D eigenvalue weighted by Crippen LogP contribution is -2.05. The molecule has 0 atom stereocenters. The van der Waals surface area contributed by atoms with Crippen molar-refractivity contribution in [3.63, 3.8) is 0 Å². The lowest BCUT2D eigenvalue weighted by Gasteiger charge is -1.95. The van der Waals surface area contributed by atoms with Crippen molar-refractivity contribution in [3.05, 3.63) is 21.2 Å². The van der Waals surface area contributed by atoms with E-state index in [0.29, 0.717) is 3.57 Å². The van der Waals surface area contributed by atoms with Crippen LogP contribution >= 0.6 is 22.6 Å². The van der Waals surface area contributed by atoms with E-state index in [1.54, 1.807) is 0 Å². The zero-order chi connectivity index (χ0) is 10.7. The minimum atomic E-state index is -0.621. The molecule has 14 heavy (non-hydrogen) atoms. The highest BCUT2D eigenvalue weighted by Crippen LogP contribution is 2.21. The molecule has 1 rings (SSSR count). The molecule has 6 heteroatoms. The van der Waals surface area contributed by atoms with Gasteiger partial charge in [0.05, 0.1) is 17.8 Å². The average Bonchev–Trinajstić information content (AvgIpc) is 2.58. The largest absolute Gasteiger partial charge is 0.465 e. The van der Waals surface area contributed by atoms with Crippen LogP contribution in [0.2, 0.25) is 0 Å². The maximum Gasteiger partial charge on any atom is 0.375 e. The standard InChI is InChI=1S/C8H7IO5/c1-12-7(10)4-3-14-6(5(4)9)8(11)13-2/h3H,1-2H3. The molecule has 1 heterocycles. The van der Waals surface area contributed by atoms with Gasteiger partial charge in [0.25, 0.3) is 0 Å². The first kappa shape index (κ1) is 11.0. The summed E-state index contributed by atoms with van der Waals surface area (Å²) >= 11 is 1.82. The molecule has 0 unspecified atom stereocenters. The fourth-order valence-electron chi connectivity index (χ4n) is 0.822. The van der Waals surface area contributed by atoms with Crippen molar-refractivity contribution < 1.29 is 23.5 Å². The summed E-state index contributed by atoms with van der Waals surface area (Å²) < 4.78 is 14.2. The minimum absolute atomic E-state index is 0.00787. The van der Waals surface area contributed by atoms with E-state index in [1.165, 1.54) is 20.5 Å². The number of halogens is 1. The zero-order valence-electron chi connectivity index (χ0n) is 7.50. The lowest BCUT2D eigenvalue weighted by molar-refractivity contribution is 0.0562. The summed E-state index contributed by atoms with van der Waals surface area (Å²) in [5.74, 6) is -1.16. The number of hydrogen-bond acceptors (Lipinski definition) is 5. The van der Waals surface area contributed by atoms with Crippen LogP contribution in [-0.4, -0.2) is 26.2 Å². The van der Waals surface area contributed by atoms with E-state index in [0.717, 1.165) is 0 Å². The highest BCUT2D eigenvalue weighted by atomic mass is 127. The van der Waals surface area contributed by atoms with Gasteiger partial charge in [-0.25, -0.2) is 9.59 Å². The van der Waals surface area contributed by atoms with E-state index in [2.05, 4.69) is 9.47 Å². The molecular weight excluding hydrogens is 303 g/mol. The fraction of sp³-hybridized carbons (Fsp3) is 0.250. The predicted molar refractivity (Wildman–Crippen MR) is 54.1 cm³/mol. The molecule has 0 bridgehead atoms. The Morgan fingerprint density at radius 3 is 2.36 bits per heavy atom. The first-order valence-electron chi connectivity index (χ1n) is 3.55. The van der Waals surface area contributed by atoms with Gasteiger partial charge in [-0.3, -0.25) is 0 Å². The molecule has 0 N–H and O–H groups in total. The molecule has 1 aromatic heterocycles. The van der Waals surface area contributed by atoms with Crippen LogP contribution in [0.4, 0.5) is 0 Å². The van der Waals surface area contributed by atoms with E-state index in [4.69, 9.17) is 4.42 Å². The topological polar surface area (TPSA) is 65.7 Å². The monoisotopic (exact) mass is 310 g/mol. The Hall–Kier alpha value is -1.05. The van der Waals surface area contributed by atoms with Crippen molar-refractivity contribution >= 4 is 34.5 Å². The van der Waals surface area contributed by atoms with Gasteiger partial charge in [0.2, 0.25) is 5.76 Å². The summed E-state index contributed by atoms with van der Waals surface area (Å²) in [4.78, 5) is 22.2. The number of rotatable bonds is 2. The number of carbonyl (C=O) groups is 2. The Morgan fingerprint density at radius 1 is 1.29 bits per heavy atom. The number of hydrogen-bond donors (Lipinski definition) is 0. The second kappa shape index (κ2) is 4.45. The van der Waals surface area contributed by atoms with E-state index < -0.39 is 11.9 Å². The van der Waals surface area contributed by atoms with E-state index in [9.17, 15) is 9.59 Å². The summed E-state index contributed by atoms with van der Waals surface area (Å²) in [5.41, 5.74) is 0.216. The molecule has 0 aliphatic rings. The van der Waals surface area contributed by atoms with Gasteiger partial charge in [-0.15, -0.1) is 0 Å². The molecule has 1 aromatic rings. The molecule has 76 valence electrons. The molecule has 0 spiro atoms. The smallest absolute Gasteiger partial charge is 0.375 e. The van der Waals surface area contributed by atoms with E-state index in [1.807, 2.05) is 22.6 Å². The van der Waals surface area contributed by atoms with E-state index >= 15 is 0 Å². The molecule has 0 fully saturated rings. The second-order valence-corrected chi connectivity index (χ2v) is 3.35. The molecule has 5 nitrogen and oxygen atoms in total. The molecule has 0 saturated carbocycles. The van der Waals surface area contributed by atoms with Crippen molar-refractivity contribution in [2.75, 3.05) is 14.2 Å². The summed E-state index contributed by atoms with van der Waals surface area (Å²) in [6.07, 6.45) is 1.17. The van der Waals surface area contributed by atoms with Gasteiger partial charge in [-0.1, -0.05) is 0 Å².